The first-order valence-corrected chi connectivity index (χ1v) is 7.39. The first kappa shape index (κ1) is 15.4. The van der Waals surface area contributed by atoms with Crippen LogP contribution in [0.2, 0.25) is 0 Å². The van der Waals surface area contributed by atoms with E-state index in [2.05, 4.69) is 15.3 Å². The summed E-state index contributed by atoms with van der Waals surface area (Å²) in [4.78, 5) is 20.4. The molecule has 0 bridgehead atoms. The lowest BCUT2D eigenvalue weighted by atomic mass is 10.1. The monoisotopic (exact) mass is 318 g/mol. The Labute approximate surface area is 138 Å². The molecule has 2 heterocycles. The molecule has 3 rings (SSSR count). The van der Waals surface area contributed by atoms with Gasteiger partial charge in [0.05, 0.1) is 23.2 Å². The fraction of sp³-hybridized carbons (Fsp3) is 0.111. The van der Waals surface area contributed by atoms with Gasteiger partial charge in [0, 0.05) is 17.8 Å². The van der Waals surface area contributed by atoms with Crippen molar-refractivity contribution in [3.8, 4) is 6.07 Å². The van der Waals surface area contributed by atoms with E-state index in [1.807, 2.05) is 18.2 Å². The van der Waals surface area contributed by atoms with Crippen molar-refractivity contribution >= 4 is 22.7 Å². The molecule has 0 aliphatic carbocycles. The molecule has 6 nitrogen and oxygen atoms in total. The molecule has 0 aliphatic heterocycles. The molecule has 0 saturated carbocycles. The van der Waals surface area contributed by atoms with Gasteiger partial charge in [-0.3, -0.25) is 4.98 Å². The minimum Gasteiger partial charge on any atom is -0.460 e. The molecule has 0 aliphatic rings. The minimum atomic E-state index is -0.399. The number of aromatic nitrogens is 2. The van der Waals surface area contributed by atoms with Crippen molar-refractivity contribution in [3.63, 3.8) is 0 Å². The van der Waals surface area contributed by atoms with Gasteiger partial charge >= 0.3 is 5.97 Å². The van der Waals surface area contributed by atoms with Gasteiger partial charge in [0.2, 0.25) is 0 Å². The van der Waals surface area contributed by atoms with Crippen LogP contribution in [0.25, 0.3) is 10.9 Å². The second-order valence-corrected chi connectivity index (χ2v) is 4.98. The van der Waals surface area contributed by atoms with Crippen LogP contribution < -0.4 is 5.32 Å². The smallest absolute Gasteiger partial charge is 0.338 e. The first-order chi connectivity index (χ1) is 11.8. The second-order valence-electron chi connectivity index (χ2n) is 4.98. The quantitative estimate of drug-likeness (QED) is 0.575. The number of carbonyl (C=O) groups excluding carboxylic acids is 1. The Balaban J connectivity index is 1.56. The lowest BCUT2D eigenvalue weighted by Gasteiger charge is -2.08. The van der Waals surface area contributed by atoms with Crippen molar-refractivity contribution in [2.45, 2.75) is 0 Å². The molecule has 1 N–H and O–H groups in total. The largest absolute Gasteiger partial charge is 0.460 e. The number of nitrogens with one attached hydrogen (secondary N) is 1. The lowest BCUT2D eigenvalue weighted by Crippen LogP contribution is -2.15. The van der Waals surface area contributed by atoms with Crippen LogP contribution in [0.1, 0.15) is 15.9 Å². The minimum absolute atomic E-state index is 0.172. The van der Waals surface area contributed by atoms with Gasteiger partial charge in [-0.25, -0.2) is 9.78 Å². The topological polar surface area (TPSA) is 87.9 Å². The number of hydrogen-bond acceptors (Lipinski definition) is 6. The third-order valence-electron chi connectivity index (χ3n) is 3.39. The van der Waals surface area contributed by atoms with Crippen molar-refractivity contribution in [3.05, 3.63) is 66.0 Å². The van der Waals surface area contributed by atoms with Crippen LogP contribution >= 0.6 is 0 Å². The predicted molar refractivity (Wildman–Crippen MR) is 89.5 cm³/mol. The Hall–Kier alpha value is -3.46. The Morgan fingerprint density at radius 3 is 2.88 bits per heavy atom. The summed E-state index contributed by atoms with van der Waals surface area (Å²) < 4.78 is 5.24. The number of pyridine rings is 2. The third kappa shape index (κ3) is 3.47. The number of ether oxygens (including phenoxy) is 1. The highest BCUT2D eigenvalue weighted by atomic mass is 16.5. The van der Waals surface area contributed by atoms with Crippen molar-refractivity contribution < 1.29 is 9.53 Å². The Morgan fingerprint density at radius 2 is 2.00 bits per heavy atom. The second kappa shape index (κ2) is 7.20. The van der Waals surface area contributed by atoms with Gasteiger partial charge in [0.1, 0.15) is 18.5 Å². The zero-order valence-corrected chi connectivity index (χ0v) is 12.8. The molecule has 2 aromatic heterocycles. The number of rotatable bonds is 5. The van der Waals surface area contributed by atoms with Crippen molar-refractivity contribution in [1.82, 2.24) is 9.97 Å². The zero-order valence-electron chi connectivity index (χ0n) is 12.8. The Morgan fingerprint density at radius 1 is 1.17 bits per heavy atom. The molecule has 0 spiro atoms. The van der Waals surface area contributed by atoms with E-state index in [0.717, 1.165) is 10.9 Å². The molecule has 0 amide bonds. The predicted octanol–water partition coefficient (Wildman–Crippen LogP) is 2.77. The first-order valence-electron chi connectivity index (χ1n) is 7.39. The number of fused-ring (bicyclic) bond motifs is 1. The van der Waals surface area contributed by atoms with Gasteiger partial charge in [-0.05, 0) is 36.4 Å². The molecule has 0 atom stereocenters. The molecule has 6 heteroatoms. The number of esters is 1. The van der Waals surface area contributed by atoms with Gasteiger partial charge in [-0.1, -0.05) is 6.07 Å². The van der Waals surface area contributed by atoms with E-state index in [0.29, 0.717) is 23.5 Å². The van der Waals surface area contributed by atoms with Crippen molar-refractivity contribution in [2.24, 2.45) is 0 Å². The summed E-state index contributed by atoms with van der Waals surface area (Å²) in [6, 6.07) is 14.4. The molecule has 0 saturated heterocycles. The lowest BCUT2D eigenvalue weighted by molar-refractivity contribution is 0.0521. The van der Waals surface area contributed by atoms with Crippen LogP contribution in [0.3, 0.4) is 0 Å². The molecular weight excluding hydrogens is 304 g/mol. The number of nitrogens with zero attached hydrogens (tertiary/aromatic N) is 3. The average molecular weight is 318 g/mol. The Kier molecular flexibility index (Phi) is 4.63. The standard InChI is InChI=1S/C18H14N4O2/c19-12-15-4-2-8-21-17(15)22-9-10-24-18(23)14-5-6-16-13(11-14)3-1-7-20-16/h1-8,11H,9-10H2,(H,21,22). The maximum absolute atomic E-state index is 12.1. The van der Waals surface area contributed by atoms with E-state index < -0.39 is 5.97 Å². The van der Waals surface area contributed by atoms with Gasteiger partial charge in [-0.2, -0.15) is 5.26 Å². The summed E-state index contributed by atoms with van der Waals surface area (Å²) in [7, 11) is 0. The normalized spacial score (nSPS) is 10.1. The van der Waals surface area contributed by atoms with Crippen LogP contribution in [0.15, 0.2) is 54.9 Å². The SMILES string of the molecule is N#Cc1cccnc1NCCOC(=O)c1ccc2ncccc2c1. The molecule has 0 radical (unpaired) electrons. The summed E-state index contributed by atoms with van der Waals surface area (Å²) in [6.07, 6.45) is 3.30. The fourth-order valence-electron chi connectivity index (χ4n) is 2.24. The number of carbonyl (C=O) groups is 1. The number of hydrogen-bond donors (Lipinski definition) is 1. The van der Waals surface area contributed by atoms with Crippen LogP contribution in [0.5, 0.6) is 0 Å². The van der Waals surface area contributed by atoms with Gasteiger partial charge in [0.15, 0.2) is 0 Å². The maximum atomic E-state index is 12.1. The van der Waals surface area contributed by atoms with Crippen LogP contribution in [-0.4, -0.2) is 29.1 Å². The molecule has 0 fully saturated rings. The number of anilines is 1. The van der Waals surface area contributed by atoms with Crippen LogP contribution in [-0.2, 0) is 4.74 Å². The van der Waals surface area contributed by atoms with Gasteiger partial charge in [-0.15, -0.1) is 0 Å². The highest BCUT2D eigenvalue weighted by Crippen LogP contribution is 2.14. The summed E-state index contributed by atoms with van der Waals surface area (Å²) in [5.41, 5.74) is 1.76. The van der Waals surface area contributed by atoms with E-state index in [9.17, 15) is 4.79 Å². The highest BCUT2D eigenvalue weighted by Gasteiger charge is 2.08. The average Bonchev–Trinajstić information content (AvgIpc) is 2.65. The highest BCUT2D eigenvalue weighted by molar-refractivity contribution is 5.94. The van der Waals surface area contributed by atoms with Crippen molar-refractivity contribution in [2.75, 3.05) is 18.5 Å². The molecule has 3 aromatic rings. The van der Waals surface area contributed by atoms with Gasteiger partial charge < -0.3 is 10.1 Å². The van der Waals surface area contributed by atoms with Crippen LogP contribution in [0, 0.1) is 11.3 Å². The Bertz CT molecular complexity index is 918. The number of nitriles is 1. The molecule has 118 valence electrons. The third-order valence-corrected chi connectivity index (χ3v) is 3.39. The van der Waals surface area contributed by atoms with Crippen LogP contribution in [0.4, 0.5) is 5.82 Å². The summed E-state index contributed by atoms with van der Waals surface area (Å²) in [6.45, 7) is 0.540. The van der Waals surface area contributed by atoms with E-state index >= 15 is 0 Å². The summed E-state index contributed by atoms with van der Waals surface area (Å²) in [5, 5.41) is 12.8. The molecule has 24 heavy (non-hydrogen) atoms. The number of benzene rings is 1. The molecule has 0 unspecified atom stereocenters. The van der Waals surface area contributed by atoms with Crippen molar-refractivity contribution in [1.29, 1.82) is 5.26 Å². The van der Waals surface area contributed by atoms with E-state index in [1.165, 1.54) is 0 Å². The molecule has 1 aromatic carbocycles. The fourth-order valence-corrected chi connectivity index (χ4v) is 2.24. The zero-order chi connectivity index (χ0) is 16.8. The summed E-state index contributed by atoms with van der Waals surface area (Å²) in [5.74, 6) is 0.0805. The maximum Gasteiger partial charge on any atom is 0.338 e. The van der Waals surface area contributed by atoms with E-state index in [1.54, 1.807) is 42.7 Å². The van der Waals surface area contributed by atoms with E-state index in [4.69, 9.17) is 10.00 Å². The van der Waals surface area contributed by atoms with E-state index in [-0.39, 0.29) is 6.61 Å². The molecular formula is C18H14N4O2. The van der Waals surface area contributed by atoms with Gasteiger partial charge in [0.25, 0.3) is 0 Å². The summed E-state index contributed by atoms with van der Waals surface area (Å²) >= 11 is 0.